The van der Waals surface area contributed by atoms with E-state index in [1.54, 1.807) is 23.5 Å². The third-order valence-corrected chi connectivity index (χ3v) is 6.21. The van der Waals surface area contributed by atoms with E-state index in [4.69, 9.17) is 10.2 Å². The Kier molecular flexibility index (Phi) is 8.75. The highest BCUT2D eigenvalue weighted by Crippen LogP contribution is 2.25. The SMILES string of the molecule is O=C(O)CC[C@H](NC(=O)CCc1ccc(-c2cccs2)cc1)C(=O)NC1=CCC(CC(=O)O)=C1. The molecule has 0 fully saturated rings. The predicted octanol–water partition coefficient (Wildman–Crippen LogP) is 3.50. The Morgan fingerprint density at radius 3 is 2.41 bits per heavy atom. The van der Waals surface area contributed by atoms with E-state index in [9.17, 15) is 19.2 Å². The maximum atomic E-state index is 12.7. The van der Waals surface area contributed by atoms with Gasteiger partial charge in [0.05, 0.1) is 6.42 Å². The summed E-state index contributed by atoms with van der Waals surface area (Å²) in [5.74, 6) is -2.91. The number of amides is 2. The highest BCUT2D eigenvalue weighted by molar-refractivity contribution is 7.13. The topological polar surface area (TPSA) is 133 Å². The van der Waals surface area contributed by atoms with Gasteiger partial charge in [-0.1, -0.05) is 42.0 Å². The van der Waals surface area contributed by atoms with Crippen molar-refractivity contribution in [3.8, 4) is 10.4 Å². The predicted molar refractivity (Wildman–Crippen MR) is 128 cm³/mol. The zero-order chi connectivity index (χ0) is 24.5. The maximum absolute atomic E-state index is 12.7. The number of benzene rings is 1. The van der Waals surface area contributed by atoms with Crippen molar-refractivity contribution in [3.63, 3.8) is 0 Å². The van der Waals surface area contributed by atoms with Crippen LogP contribution in [0.3, 0.4) is 0 Å². The summed E-state index contributed by atoms with van der Waals surface area (Å²) in [5, 5.41) is 25.2. The quantitative estimate of drug-likeness (QED) is 0.366. The van der Waals surface area contributed by atoms with E-state index in [-0.39, 0.29) is 31.6 Å². The smallest absolute Gasteiger partial charge is 0.307 e. The number of carbonyl (C=O) groups excluding carboxylic acids is 2. The number of hydrogen-bond donors (Lipinski definition) is 4. The Labute approximate surface area is 201 Å². The number of carboxylic acids is 2. The molecule has 0 bridgehead atoms. The Bertz CT molecular complexity index is 1100. The van der Waals surface area contributed by atoms with E-state index in [0.29, 0.717) is 24.1 Å². The Morgan fingerprint density at radius 1 is 1.00 bits per heavy atom. The second-order valence-corrected chi connectivity index (χ2v) is 8.90. The summed E-state index contributed by atoms with van der Waals surface area (Å²) in [6.07, 6.45) is 3.87. The molecule has 3 rings (SSSR count). The van der Waals surface area contributed by atoms with E-state index in [1.165, 1.54) is 4.88 Å². The van der Waals surface area contributed by atoms with E-state index in [0.717, 1.165) is 11.1 Å². The van der Waals surface area contributed by atoms with Crippen LogP contribution in [0.1, 0.15) is 37.7 Å². The number of nitrogens with one attached hydrogen (secondary N) is 2. The molecule has 0 spiro atoms. The number of aryl methyl sites for hydroxylation is 1. The molecule has 0 saturated carbocycles. The van der Waals surface area contributed by atoms with Gasteiger partial charge < -0.3 is 20.8 Å². The zero-order valence-electron chi connectivity index (χ0n) is 18.5. The van der Waals surface area contributed by atoms with Gasteiger partial charge in [-0.3, -0.25) is 19.2 Å². The average molecular weight is 483 g/mol. The number of rotatable bonds is 12. The molecule has 0 aliphatic heterocycles. The summed E-state index contributed by atoms with van der Waals surface area (Å²) >= 11 is 1.65. The Hall–Kier alpha value is -3.72. The summed E-state index contributed by atoms with van der Waals surface area (Å²) in [6, 6.07) is 11.0. The molecular formula is C25H26N2O6S. The molecule has 1 aromatic carbocycles. The molecule has 4 N–H and O–H groups in total. The molecule has 1 aliphatic carbocycles. The first-order valence-corrected chi connectivity index (χ1v) is 11.7. The molecular weight excluding hydrogens is 456 g/mol. The van der Waals surface area contributed by atoms with E-state index in [2.05, 4.69) is 10.6 Å². The van der Waals surface area contributed by atoms with Crippen LogP contribution in [0.4, 0.5) is 0 Å². The molecule has 8 nitrogen and oxygen atoms in total. The van der Waals surface area contributed by atoms with Gasteiger partial charge in [-0.05, 0) is 47.9 Å². The summed E-state index contributed by atoms with van der Waals surface area (Å²) < 4.78 is 0. The molecule has 34 heavy (non-hydrogen) atoms. The lowest BCUT2D eigenvalue weighted by Gasteiger charge is -2.18. The fourth-order valence-electron chi connectivity index (χ4n) is 3.55. The van der Waals surface area contributed by atoms with Crippen molar-refractivity contribution in [3.05, 3.63) is 70.8 Å². The molecule has 9 heteroatoms. The van der Waals surface area contributed by atoms with Crippen molar-refractivity contribution in [1.82, 2.24) is 10.6 Å². The second kappa shape index (κ2) is 11.9. The third kappa shape index (κ3) is 7.70. The monoisotopic (exact) mass is 482 g/mol. The number of carbonyl (C=O) groups is 4. The standard InChI is InChI=1S/C25H26N2O6S/c28-22(11-6-16-3-7-18(8-4-16)21-2-1-13-34-21)27-20(10-12-23(29)30)25(33)26-19-9-5-17(14-19)15-24(31)32/h1-4,7-9,13-14,20H,5-6,10-12,15H2,(H,26,33)(H,27,28)(H,29,30)(H,31,32)/t20-/m0/s1. The first-order chi connectivity index (χ1) is 16.3. The van der Waals surface area contributed by atoms with Crippen LogP contribution >= 0.6 is 11.3 Å². The van der Waals surface area contributed by atoms with Crippen LogP contribution in [0.25, 0.3) is 10.4 Å². The first kappa shape index (κ1) is 24.9. The van der Waals surface area contributed by atoms with Gasteiger partial charge in [0.25, 0.3) is 0 Å². The van der Waals surface area contributed by atoms with Crippen LogP contribution in [-0.2, 0) is 25.6 Å². The van der Waals surface area contributed by atoms with E-state index in [1.807, 2.05) is 41.8 Å². The molecule has 178 valence electrons. The van der Waals surface area contributed by atoms with E-state index < -0.39 is 23.9 Å². The third-order valence-electron chi connectivity index (χ3n) is 5.29. The van der Waals surface area contributed by atoms with Crippen molar-refractivity contribution in [2.24, 2.45) is 0 Å². The number of thiophene rings is 1. The van der Waals surface area contributed by atoms with Crippen LogP contribution < -0.4 is 10.6 Å². The molecule has 1 aromatic heterocycles. The number of allylic oxidation sites excluding steroid dienone is 2. The zero-order valence-corrected chi connectivity index (χ0v) is 19.3. The van der Waals surface area contributed by atoms with Gasteiger partial charge in [0, 0.05) is 23.4 Å². The molecule has 1 aliphatic rings. The van der Waals surface area contributed by atoms with Crippen molar-refractivity contribution in [2.75, 3.05) is 0 Å². The average Bonchev–Trinajstić information content (AvgIpc) is 3.47. The molecule has 1 heterocycles. The lowest BCUT2D eigenvalue weighted by atomic mass is 10.1. The number of carboxylic acid groups (broad SMARTS) is 2. The largest absolute Gasteiger partial charge is 0.481 e. The molecule has 0 radical (unpaired) electrons. The first-order valence-electron chi connectivity index (χ1n) is 10.9. The van der Waals surface area contributed by atoms with Gasteiger partial charge in [-0.15, -0.1) is 11.3 Å². The van der Waals surface area contributed by atoms with Crippen LogP contribution in [0.2, 0.25) is 0 Å². The van der Waals surface area contributed by atoms with Gasteiger partial charge in [-0.25, -0.2) is 0 Å². The molecule has 2 amide bonds. The molecule has 0 saturated heterocycles. The van der Waals surface area contributed by atoms with Crippen molar-refractivity contribution in [1.29, 1.82) is 0 Å². The number of hydrogen-bond acceptors (Lipinski definition) is 5. The summed E-state index contributed by atoms with van der Waals surface area (Å²) in [6.45, 7) is 0. The minimum absolute atomic E-state index is 0.0542. The summed E-state index contributed by atoms with van der Waals surface area (Å²) in [7, 11) is 0. The fourth-order valence-corrected chi connectivity index (χ4v) is 4.29. The van der Waals surface area contributed by atoms with Crippen molar-refractivity contribution >= 4 is 35.1 Å². The van der Waals surface area contributed by atoms with Crippen molar-refractivity contribution in [2.45, 2.75) is 44.6 Å². The molecule has 0 unspecified atom stereocenters. The lowest BCUT2D eigenvalue weighted by molar-refractivity contribution is -0.138. The van der Waals surface area contributed by atoms with Crippen LogP contribution in [0.15, 0.2) is 65.2 Å². The molecule has 1 atom stereocenters. The van der Waals surface area contributed by atoms with Crippen LogP contribution in [0, 0.1) is 0 Å². The minimum Gasteiger partial charge on any atom is -0.481 e. The number of aliphatic carboxylic acids is 2. The fraction of sp³-hybridized carbons (Fsp3) is 0.280. The minimum atomic E-state index is -1.07. The maximum Gasteiger partial charge on any atom is 0.307 e. The van der Waals surface area contributed by atoms with Gasteiger partial charge in [-0.2, -0.15) is 0 Å². The van der Waals surface area contributed by atoms with Crippen LogP contribution in [0.5, 0.6) is 0 Å². The summed E-state index contributed by atoms with van der Waals surface area (Å²) in [5.41, 5.74) is 3.19. The Morgan fingerprint density at radius 2 is 1.76 bits per heavy atom. The molecule has 2 aromatic rings. The van der Waals surface area contributed by atoms with Gasteiger partial charge in [0.1, 0.15) is 6.04 Å². The van der Waals surface area contributed by atoms with Gasteiger partial charge >= 0.3 is 11.9 Å². The van der Waals surface area contributed by atoms with E-state index >= 15 is 0 Å². The van der Waals surface area contributed by atoms with Gasteiger partial charge in [0.2, 0.25) is 11.8 Å². The Balaban J connectivity index is 1.54. The highest BCUT2D eigenvalue weighted by atomic mass is 32.1. The van der Waals surface area contributed by atoms with Crippen molar-refractivity contribution < 1.29 is 29.4 Å². The van der Waals surface area contributed by atoms with Gasteiger partial charge in [0.15, 0.2) is 0 Å². The second-order valence-electron chi connectivity index (χ2n) is 7.95. The van der Waals surface area contributed by atoms with Crippen LogP contribution in [-0.4, -0.2) is 40.0 Å². The normalized spacial score (nSPS) is 13.5. The summed E-state index contributed by atoms with van der Waals surface area (Å²) in [4.78, 5) is 48.2. The highest BCUT2D eigenvalue weighted by Gasteiger charge is 2.23. The lowest BCUT2D eigenvalue weighted by Crippen LogP contribution is -2.46.